The Morgan fingerprint density at radius 2 is 1.80 bits per heavy atom. The van der Waals surface area contributed by atoms with Gasteiger partial charge in [-0.3, -0.25) is 4.79 Å². The van der Waals surface area contributed by atoms with Gasteiger partial charge in [-0.15, -0.1) is 0 Å². The van der Waals surface area contributed by atoms with Gasteiger partial charge in [-0.2, -0.15) is 0 Å². The first kappa shape index (κ1) is 15.8. The molecule has 2 aliphatic heterocycles. The van der Waals surface area contributed by atoms with Gasteiger partial charge in [-0.1, -0.05) is 26.2 Å². The molecule has 0 aromatic rings. The Hall–Kier alpha value is -0.610. The summed E-state index contributed by atoms with van der Waals surface area (Å²) >= 11 is 0. The number of nitrogens with zero attached hydrogens (tertiary/aromatic N) is 2. The standard InChI is InChI=1S/C16H31N3O/c1-2-3-7-15(17)16(20)19-12-8-14(9-13-19)18-10-5-4-6-11-18/h14-15H,2-13,17H2,1H3. The van der Waals surface area contributed by atoms with E-state index in [-0.39, 0.29) is 11.9 Å². The SMILES string of the molecule is CCCCC(N)C(=O)N1CCC(N2CCCCC2)CC1. The van der Waals surface area contributed by atoms with Gasteiger partial charge >= 0.3 is 0 Å². The van der Waals surface area contributed by atoms with E-state index >= 15 is 0 Å². The van der Waals surface area contributed by atoms with Gasteiger partial charge in [0.1, 0.15) is 0 Å². The Kier molecular flexibility index (Phi) is 6.30. The third-order valence-corrected chi connectivity index (χ3v) is 4.87. The zero-order valence-electron chi connectivity index (χ0n) is 13.0. The highest BCUT2D eigenvalue weighted by Gasteiger charge is 2.29. The lowest BCUT2D eigenvalue weighted by Gasteiger charge is -2.40. The number of unbranched alkanes of at least 4 members (excludes halogenated alkanes) is 1. The summed E-state index contributed by atoms with van der Waals surface area (Å²) in [5.41, 5.74) is 6.01. The summed E-state index contributed by atoms with van der Waals surface area (Å²) in [6.45, 7) is 6.46. The molecule has 0 bridgehead atoms. The second-order valence-corrected chi connectivity index (χ2v) is 6.40. The molecule has 2 saturated heterocycles. The van der Waals surface area contributed by atoms with Gasteiger partial charge in [-0.25, -0.2) is 0 Å². The Morgan fingerprint density at radius 3 is 2.40 bits per heavy atom. The van der Waals surface area contributed by atoms with Crippen molar-refractivity contribution < 1.29 is 4.79 Å². The second kappa shape index (κ2) is 7.99. The molecule has 0 aromatic carbocycles. The summed E-state index contributed by atoms with van der Waals surface area (Å²) in [7, 11) is 0. The van der Waals surface area contributed by atoms with Crippen LogP contribution >= 0.6 is 0 Å². The molecule has 1 atom stereocenters. The highest BCUT2D eigenvalue weighted by molar-refractivity contribution is 5.81. The van der Waals surface area contributed by atoms with Crippen molar-refractivity contribution in [3.63, 3.8) is 0 Å². The van der Waals surface area contributed by atoms with Crippen molar-refractivity contribution in [1.29, 1.82) is 0 Å². The Balaban J connectivity index is 1.74. The molecule has 1 unspecified atom stereocenters. The number of amides is 1. The molecule has 0 saturated carbocycles. The van der Waals surface area contributed by atoms with Crippen LogP contribution in [0.4, 0.5) is 0 Å². The summed E-state index contributed by atoms with van der Waals surface area (Å²) in [6, 6.07) is 0.424. The largest absolute Gasteiger partial charge is 0.341 e. The number of hydrogen-bond acceptors (Lipinski definition) is 3. The minimum absolute atomic E-state index is 0.176. The average molecular weight is 281 g/mol. The monoisotopic (exact) mass is 281 g/mol. The summed E-state index contributed by atoms with van der Waals surface area (Å²) < 4.78 is 0. The van der Waals surface area contributed by atoms with E-state index in [2.05, 4.69) is 11.8 Å². The third kappa shape index (κ3) is 4.19. The van der Waals surface area contributed by atoms with Crippen LogP contribution in [0.1, 0.15) is 58.3 Å². The van der Waals surface area contributed by atoms with Crippen molar-refractivity contribution in [3.05, 3.63) is 0 Å². The number of nitrogens with two attached hydrogens (primary N) is 1. The molecule has 0 spiro atoms. The average Bonchev–Trinajstić information content (AvgIpc) is 2.53. The molecule has 4 nitrogen and oxygen atoms in total. The van der Waals surface area contributed by atoms with Crippen LogP contribution in [0.2, 0.25) is 0 Å². The van der Waals surface area contributed by atoms with Crippen LogP contribution in [0.5, 0.6) is 0 Å². The molecule has 0 aliphatic carbocycles. The lowest BCUT2D eigenvalue weighted by atomic mass is 9.99. The molecule has 2 N–H and O–H groups in total. The summed E-state index contributed by atoms with van der Waals surface area (Å²) in [5.74, 6) is 0.176. The molecular formula is C16H31N3O. The van der Waals surface area contributed by atoms with E-state index in [4.69, 9.17) is 5.73 Å². The second-order valence-electron chi connectivity index (χ2n) is 6.40. The fourth-order valence-electron chi connectivity index (χ4n) is 3.52. The molecule has 2 fully saturated rings. The van der Waals surface area contributed by atoms with Crippen LogP contribution in [0, 0.1) is 0 Å². The van der Waals surface area contributed by atoms with Crippen LogP contribution < -0.4 is 5.73 Å². The number of carbonyl (C=O) groups excluding carboxylic acids is 1. The highest BCUT2D eigenvalue weighted by Crippen LogP contribution is 2.21. The fraction of sp³-hybridized carbons (Fsp3) is 0.938. The maximum Gasteiger partial charge on any atom is 0.239 e. The zero-order valence-corrected chi connectivity index (χ0v) is 13.0. The molecule has 2 heterocycles. The first-order chi connectivity index (χ1) is 9.72. The van der Waals surface area contributed by atoms with Crippen LogP contribution in [0.15, 0.2) is 0 Å². The fourth-order valence-corrected chi connectivity index (χ4v) is 3.52. The molecule has 1 amide bonds. The first-order valence-corrected chi connectivity index (χ1v) is 8.50. The first-order valence-electron chi connectivity index (χ1n) is 8.50. The van der Waals surface area contributed by atoms with E-state index in [0.717, 1.165) is 45.2 Å². The normalized spacial score (nSPS) is 23.8. The summed E-state index contributed by atoms with van der Waals surface area (Å²) in [4.78, 5) is 16.9. The Morgan fingerprint density at radius 1 is 1.15 bits per heavy atom. The van der Waals surface area contributed by atoms with Crippen molar-refractivity contribution in [2.75, 3.05) is 26.2 Å². The molecule has 116 valence electrons. The molecular weight excluding hydrogens is 250 g/mol. The quantitative estimate of drug-likeness (QED) is 0.838. The van der Waals surface area contributed by atoms with Crippen molar-refractivity contribution >= 4 is 5.91 Å². The molecule has 0 radical (unpaired) electrons. The molecule has 20 heavy (non-hydrogen) atoms. The van der Waals surface area contributed by atoms with Crippen LogP contribution in [-0.4, -0.2) is 54.0 Å². The van der Waals surface area contributed by atoms with Crippen LogP contribution in [-0.2, 0) is 4.79 Å². The van der Waals surface area contributed by atoms with Crippen molar-refractivity contribution in [2.45, 2.75) is 70.4 Å². The molecule has 0 aromatic heterocycles. The molecule has 4 heteroatoms. The van der Waals surface area contributed by atoms with Crippen LogP contribution in [0.3, 0.4) is 0 Å². The maximum absolute atomic E-state index is 12.3. The number of carbonyl (C=O) groups is 1. The number of rotatable bonds is 5. The van der Waals surface area contributed by atoms with Gasteiger partial charge in [0.2, 0.25) is 5.91 Å². The van der Waals surface area contributed by atoms with Gasteiger partial charge in [0.05, 0.1) is 6.04 Å². The maximum atomic E-state index is 12.3. The lowest BCUT2D eigenvalue weighted by Crippen LogP contribution is -2.51. The summed E-state index contributed by atoms with van der Waals surface area (Å²) in [6.07, 6.45) is 9.34. The van der Waals surface area contributed by atoms with Crippen molar-refractivity contribution in [3.8, 4) is 0 Å². The van der Waals surface area contributed by atoms with E-state index in [1.54, 1.807) is 0 Å². The van der Waals surface area contributed by atoms with Gasteiger partial charge in [0.25, 0.3) is 0 Å². The smallest absolute Gasteiger partial charge is 0.239 e. The van der Waals surface area contributed by atoms with Gasteiger partial charge < -0.3 is 15.5 Å². The van der Waals surface area contributed by atoms with Crippen LogP contribution in [0.25, 0.3) is 0 Å². The number of hydrogen-bond donors (Lipinski definition) is 1. The highest BCUT2D eigenvalue weighted by atomic mass is 16.2. The predicted molar refractivity (Wildman–Crippen MR) is 82.5 cm³/mol. The third-order valence-electron chi connectivity index (χ3n) is 4.87. The minimum Gasteiger partial charge on any atom is -0.341 e. The van der Waals surface area contributed by atoms with Gasteiger partial charge in [-0.05, 0) is 45.2 Å². The number of likely N-dealkylation sites (tertiary alicyclic amines) is 2. The van der Waals surface area contributed by atoms with Gasteiger partial charge in [0.15, 0.2) is 0 Å². The zero-order chi connectivity index (χ0) is 14.4. The van der Waals surface area contributed by atoms with Gasteiger partial charge in [0, 0.05) is 19.1 Å². The van der Waals surface area contributed by atoms with Crippen molar-refractivity contribution in [2.24, 2.45) is 5.73 Å². The summed E-state index contributed by atoms with van der Waals surface area (Å²) in [5, 5.41) is 0. The number of piperidine rings is 2. The lowest BCUT2D eigenvalue weighted by molar-refractivity contribution is -0.134. The predicted octanol–water partition coefficient (Wildman–Crippen LogP) is 1.98. The van der Waals surface area contributed by atoms with E-state index in [1.165, 1.54) is 32.4 Å². The van der Waals surface area contributed by atoms with E-state index in [9.17, 15) is 4.79 Å². The van der Waals surface area contributed by atoms with Crippen molar-refractivity contribution in [1.82, 2.24) is 9.80 Å². The van der Waals surface area contributed by atoms with E-state index in [1.807, 2.05) is 4.90 Å². The Labute approximate surface area is 123 Å². The van der Waals surface area contributed by atoms with E-state index in [0.29, 0.717) is 6.04 Å². The Bertz CT molecular complexity index is 294. The topological polar surface area (TPSA) is 49.6 Å². The molecule has 2 aliphatic rings. The minimum atomic E-state index is -0.276. The van der Waals surface area contributed by atoms with E-state index < -0.39 is 0 Å². The molecule has 2 rings (SSSR count).